The molecule has 0 saturated carbocycles. The van der Waals surface area contributed by atoms with Gasteiger partial charge in [-0.2, -0.15) is 0 Å². The Hall–Kier alpha value is -2.34. The monoisotopic (exact) mass is 380 g/mol. The number of fused-ring (bicyclic) bond motifs is 1. The molecule has 0 radical (unpaired) electrons. The SMILES string of the molecule is CCOC(C#Cc1cccc2cccc(C#CC(OCC)OCC)c12)OCC. The van der Waals surface area contributed by atoms with Crippen LogP contribution >= 0.6 is 0 Å². The Bertz CT molecular complexity index is 786. The van der Waals surface area contributed by atoms with Crippen molar-refractivity contribution in [3.8, 4) is 23.7 Å². The Morgan fingerprint density at radius 3 is 1.39 bits per heavy atom. The van der Waals surface area contributed by atoms with Crippen molar-refractivity contribution in [1.82, 2.24) is 0 Å². The molecule has 0 saturated heterocycles. The Balaban J connectivity index is 2.45. The summed E-state index contributed by atoms with van der Waals surface area (Å²) in [4.78, 5) is 0. The molecule has 0 N–H and O–H groups in total. The Labute approximate surface area is 168 Å². The fourth-order valence-corrected chi connectivity index (χ4v) is 2.69. The van der Waals surface area contributed by atoms with Crippen molar-refractivity contribution in [3.05, 3.63) is 47.5 Å². The average Bonchev–Trinajstić information content (AvgIpc) is 2.70. The molecule has 4 nitrogen and oxygen atoms in total. The van der Waals surface area contributed by atoms with Crippen LogP contribution in [0.3, 0.4) is 0 Å². The molecular weight excluding hydrogens is 352 g/mol. The molecule has 0 atom stereocenters. The molecule has 2 aromatic carbocycles. The fourth-order valence-electron chi connectivity index (χ4n) is 2.69. The molecule has 28 heavy (non-hydrogen) atoms. The van der Waals surface area contributed by atoms with Crippen LogP contribution < -0.4 is 0 Å². The Morgan fingerprint density at radius 1 is 0.643 bits per heavy atom. The number of ether oxygens (including phenoxy) is 4. The zero-order chi connectivity index (χ0) is 20.2. The van der Waals surface area contributed by atoms with Crippen LogP contribution in [0.4, 0.5) is 0 Å². The van der Waals surface area contributed by atoms with Gasteiger partial charge in [-0.25, -0.2) is 0 Å². The summed E-state index contributed by atoms with van der Waals surface area (Å²) in [5.41, 5.74) is 1.77. The van der Waals surface area contributed by atoms with Crippen molar-refractivity contribution < 1.29 is 18.9 Å². The fraction of sp³-hybridized carbons (Fsp3) is 0.417. The highest BCUT2D eigenvalue weighted by Gasteiger charge is 2.07. The lowest BCUT2D eigenvalue weighted by Crippen LogP contribution is -2.14. The second-order valence-electron chi connectivity index (χ2n) is 5.73. The van der Waals surface area contributed by atoms with Crippen LogP contribution in [0.1, 0.15) is 38.8 Å². The van der Waals surface area contributed by atoms with E-state index >= 15 is 0 Å². The summed E-state index contributed by atoms with van der Waals surface area (Å²) in [7, 11) is 0. The molecule has 0 spiro atoms. The van der Waals surface area contributed by atoms with Crippen molar-refractivity contribution >= 4 is 10.8 Å². The molecule has 0 aliphatic carbocycles. The molecule has 2 rings (SSSR count). The van der Waals surface area contributed by atoms with Crippen LogP contribution in [-0.2, 0) is 18.9 Å². The van der Waals surface area contributed by atoms with E-state index in [-0.39, 0.29) is 0 Å². The number of hydrogen-bond donors (Lipinski definition) is 0. The van der Waals surface area contributed by atoms with Gasteiger partial charge in [0.25, 0.3) is 0 Å². The van der Waals surface area contributed by atoms with Crippen molar-refractivity contribution in [3.63, 3.8) is 0 Å². The van der Waals surface area contributed by atoms with Crippen molar-refractivity contribution in [2.45, 2.75) is 40.3 Å². The highest BCUT2D eigenvalue weighted by atomic mass is 16.7. The molecule has 0 aliphatic rings. The molecule has 0 heterocycles. The second-order valence-corrected chi connectivity index (χ2v) is 5.73. The predicted octanol–water partition coefficient (Wildman–Crippen LogP) is 4.34. The molecule has 0 unspecified atom stereocenters. The Morgan fingerprint density at radius 2 is 1.04 bits per heavy atom. The third-order valence-corrected chi connectivity index (χ3v) is 3.83. The minimum Gasteiger partial charge on any atom is -0.342 e. The lowest BCUT2D eigenvalue weighted by atomic mass is 9.99. The van der Waals surface area contributed by atoms with E-state index in [0.29, 0.717) is 26.4 Å². The van der Waals surface area contributed by atoms with E-state index in [1.165, 1.54) is 0 Å². The van der Waals surface area contributed by atoms with Gasteiger partial charge in [-0.1, -0.05) is 36.1 Å². The summed E-state index contributed by atoms with van der Waals surface area (Å²) >= 11 is 0. The maximum Gasteiger partial charge on any atom is 0.222 e. The summed E-state index contributed by atoms with van der Waals surface area (Å²) in [5, 5.41) is 2.08. The van der Waals surface area contributed by atoms with Gasteiger partial charge in [0, 0.05) is 42.9 Å². The van der Waals surface area contributed by atoms with Gasteiger partial charge in [-0.05, 0) is 57.1 Å². The van der Waals surface area contributed by atoms with Crippen LogP contribution in [0, 0.1) is 23.7 Å². The van der Waals surface area contributed by atoms with E-state index in [2.05, 4.69) is 35.8 Å². The zero-order valence-corrected chi connectivity index (χ0v) is 17.1. The topological polar surface area (TPSA) is 36.9 Å². The zero-order valence-electron chi connectivity index (χ0n) is 17.1. The van der Waals surface area contributed by atoms with Crippen LogP contribution in [0.25, 0.3) is 10.8 Å². The number of benzene rings is 2. The summed E-state index contributed by atoms with van der Waals surface area (Å²) in [6.45, 7) is 9.87. The van der Waals surface area contributed by atoms with Gasteiger partial charge in [0.05, 0.1) is 0 Å². The van der Waals surface area contributed by atoms with Crippen LogP contribution in [0.5, 0.6) is 0 Å². The first-order valence-corrected chi connectivity index (χ1v) is 9.74. The van der Waals surface area contributed by atoms with Gasteiger partial charge in [0.1, 0.15) is 0 Å². The van der Waals surface area contributed by atoms with Crippen LogP contribution in [0.15, 0.2) is 36.4 Å². The van der Waals surface area contributed by atoms with E-state index in [9.17, 15) is 0 Å². The van der Waals surface area contributed by atoms with E-state index < -0.39 is 12.6 Å². The van der Waals surface area contributed by atoms with Gasteiger partial charge in [0.15, 0.2) is 0 Å². The normalized spacial score (nSPS) is 10.6. The first kappa shape index (κ1) is 22.0. The molecule has 0 bridgehead atoms. The second kappa shape index (κ2) is 12.2. The molecule has 0 aromatic heterocycles. The van der Waals surface area contributed by atoms with Crippen LogP contribution in [-0.4, -0.2) is 39.0 Å². The summed E-state index contributed by atoms with van der Waals surface area (Å²) in [6, 6.07) is 12.1. The molecule has 0 aliphatic heterocycles. The summed E-state index contributed by atoms with van der Waals surface area (Å²) in [5.74, 6) is 12.6. The van der Waals surface area contributed by atoms with E-state index in [0.717, 1.165) is 21.9 Å². The van der Waals surface area contributed by atoms with Crippen molar-refractivity contribution in [2.24, 2.45) is 0 Å². The molecular formula is C24H28O4. The van der Waals surface area contributed by atoms with Crippen molar-refractivity contribution in [1.29, 1.82) is 0 Å². The lowest BCUT2D eigenvalue weighted by molar-refractivity contribution is -0.0972. The molecule has 148 valence electrons. The highest BCUT2D eigenvalue weighted by Crippen LogP contribution is 2.22. The standard InChI is InChI=1S/C24H28O4/c1-5-25-22(26-6-2)17-15-20-13-9-11-19-12-10-14-21(24(19)20)16-18-23(27-7-3)28-8-4/h9-14,22-23H,5-8H2,1-4H3. The van der Waals surface area contributed by atoms with Gasteiger partial charge >= 0.3 is 0 Å². The van der Waals surface area contributed by atoms with E-state index in [1.54, 1.807) is 0 Å². The number of hydrogen-bond acceptors (Lipinski definition) is 4. The number of rotatable bonds is 8. The van der Waals surface area contributed by atoms with Gasteiger partial charge in [-0.3, -0.25) is 0 Å². The first-order valence-electron chi connectivity index (χ1n) is 9.74. The van der Waals surface area contributed by atoms with Gasteiger partial charge in [0.2, 0.25) is 12.6 Å². The largest absolute Gasteiger partial charge is 0.342 e. The summed E-state index contributed by atoms with van der Waals surface area (Å²) in [6.07, 6.45) is -1.08. The van der Waals surface area contributed by atoms with E-state index in [1.807, 2.05) is 52.0 Å². The first-order chi connectivity index (χ1) is 13.7. The quantitative estimate of drug-likeness (QED) is 0.504. The molecule has 4 heteroatoms. The maximum atomic E-state index is 5.52. The third-order valence-electron chi connectivity index (χ3n) is 3.83. The highest BCUT2D eigenvalue weighted by molar-refractivity contribution is 5.93. The minimum atomic E-state index is -0.538. The maximum absolute atomic E-state index is 5.52. The molecule has 0 amide bonds. The molecule has 0 fully saturated rings. The van der Waals surface area contributed by atoms with Gasteiger partial charge in [-0.15, -0.1) is 0 Å². The Kier molecular flexibility index (Phi) is 9.55. The predicted molar refractivity (Wildman–Crippen MR) is 112 cm³/mol. The molecule has 2 aromatic rings. The smallest absolute Gasteiger partial charge is 0.222 e. The summed E-state index contributed by atoms with van der Waals surface area (Å²) < 4.78 is 22.1. The third kappa shape index (κ3) is 6.37. The lowest BCUT2D eigenvalue weighted by Gasteiger charge is -2.10. The van der Waals surface area contributed by atoms with Crippen molar-refractivity contribution in [2.75, 3.05) is 26.4 Å². The minimum absolute atomic E-state index is 0.538. The van der Waals surface area contributed by atoms with Gasteiger partial charge < -0.3 is 18.9 Å². The van der Waals surface area contributed by atoms with E-state index in [4.69, 9.17) is 18.9 Å². The van der Waals surface area contributed by atoms with Crippen LogP contribution in [0.2, 0.25) is 0 Å². The average molecular weight is 380 g/mol.